The number of unbranched alkanes of at least 4 members (excludes halogenated alkanes) is 1. The van der Waals surface area contributed by atoms with E-state index in [2.05, 4.69) is 27.2 Å². The van der Waals surface area contributed by atoms with E-state index in [1.165, 1.54) is 12.1 Å². The van der Waals surface area contributed by atoms with E-state index in [1.807, 2.05) is 53.4 Å². The van der Waals surface area contributed by atoms with Crippen molar-refractivity contribution >= 4 is 17.8 Å². The van der Waals surface area contributed by atoms with Crippen molar-refractivity contribution in [3.8, 4) is 28.3 Å². The number of carbonyl (C=O) groups excluding carboxylic acids is 2. The maximum absolute atomic E-state index is 13.5. The minimum atomic E-state index is -0.878. The molecule has 1 aromatic heterocycles. The SMILES string of the molecule is CCCCC1=NC2(CCCC2)C(=O)N1Cc1ccc(-c2ccccc2-c2nnn(C(=O)Oc3ccc(CO[N+](=O)[O-])cc3)n2)cc1. The smallest absolute Gasteiger partial charge is 0.408 e. The van der Waals surface area contributed by atoms with Crippen molar-refractivity contribution in [3.05, 3.63) is 94.0 Å². The Morgan fingerprint density at radius 1 is 0.978 bits per heavy atom. The topological polar surface area (TPSA) is 155 Å². The van der Waals surface area contributed by atoms with E-state index >= 15 is 0 Å². The summed E-state index contributed by atoms with van der Waals surface area (Å²) >= 11 is 0. The average Bonchev–Trinajstić information content (AvgIpc) is 3.81. The van der Waals surface area contributed by atoms with E-state index in [4.69, 9.17) is 9.73 Å². The molecule has 2 aliphatic rings. The van der Waals surface area contributed by atoms with Gasteiger partial charge in [0.2, 0.25) is 5.82 Å². The van der Waals surface area contributed by atoms with Crippen LogP contribution in [0.15, 0.2) is 77.8 Å². The quantitative estimate of drug-likeness (QED) is 0.144. The molecule has 13 heteroatoms. The second-order valence-electron chi connectivity index (χ2n) is 11.4. The number of hydrogen-bond acceptors (Lipinski definition) is 10. The van der Waals surface area contributed by atoms with Gasteiger partial charge < -0.3 is 9.57 Å². The minimum absolute atomic E-state index is 0.137. The highest BCUT2D eigenvalue weighted by Crippen LogP contribution is 2.40. The van der Waals surface area contributed by atoms with Crippen LogP contribution in [0, 0.1) is 10.1 Å². The van der Waals surface area contributed by atoms with Crippen molar-refractivity contribution in [1.29, 1.82) is 0 Å². The third kappa shape index (κ3) is 6.48. The first-order chi connectivity index (χ1) is 22.3. The molecule has 0 atom stereocenters. The summed E-state index contributed by atoms with van der Waals surface area (Å²) < 4.78 is 5.33. The summed E-state index contributed by atoms with van der Waals surface area (Å²) in [5.74, 6) is 1.49. The molecular weight excluding hydrogens is 590 g/mol. The molecule has 0 radical (unpaired) electrons. The molecule has 1 saturated carbocycles. The fourth-order valence-electron chi connectivity index (χ4n) is 5.92. The highest BCUT2D eigenvalue weighted by Gasteiger charge is 2.49. The molecule has 6 rings (SSSR count). The van der Waals surface area contributed by atoms with Crippen molar-refractivity contribution in [2.24, 2.45) is 4.99 Å². The molecule has 2 heterocycles. The van der Waals surface area contributed by atoms with E-state index in [-0.39, 0.29) is 24.1 Å². The van der Waals surface area contributed by atoms with E-state index in [0.29, 0.717) is 17.7 Å². The molecule has 1 aliphatic carbocycles. The number of amides is 1. The van der Waals surface area contributed by atoms with Crippen molar-refractivity contribution in [3.63, 3.8) is 0 Å². The van der Waals surface area contributed by atoms with Crippen LogP contribution >= 0.6 is 0 Å². The molecule has 236 valence electrons. The molecule has 1 aliphatic heterocycles. The molecule has 13 nitrogen and oxygen atoms in total. The Labute approximate surface area is 264 Å². The van der Waals surface area contributed by atoms with Crippen molar-refractivity contribution in [1.82, 2.24) is 25.1 Å². The minimum Gasteiger partial charge on any atom is -0.408 e. The maximum atomic E-state index is 13.5. The van der Waals surface area contributed by atoms with Gasteiger partial charge in [-0.3, -0.25) is 14.7 Å². The Bertz CT molecular complexity index is 1760. The van der Waals surface area contributed by atoms with E-state index in [0.717, 1.165) is 72.3 Å². The number of aromatic nitrogens is 4. The highest BCUT2D eigenvalue weighted by atomic mass is 16.9. The number of tetrazole rings is 1. The van der Waals surface area contributed by atoms with Crippen LogP contribution in [-0.4, -0.2) is 53.6 Å². The van der Waals surface area contributed by atoms with Gasteiger partial charge in [-0.15, -0.1) is 20.3 Å². The van der Waals surface area contributed by atoms with Crippen LogP contribution in [0.1, 0.15) is 63.0 Å². The van der Waals surface area contributed by atoms with Gasteiger partial charge in [-0.25, -0.2) is 4.79 Å². The average molecular weight is 624 g/mol. The Hall–Kier alpha value is -5.46. The molecule has 1 fully saturated rings. The zero-order valence-corrected chi connectivity index (χ0v) is 25.4. The molecule has 1 spiro atoms. The van der Waals surface area contributed by atoms with Crippen molar-refractivity contribution in [2.75, 3.05) is 0 Å². The number of hydrogen-bond donors (Lipinski definition) is 0. The summed E-state index contributed by atoms with van der Waals surface area (Å²) in [5.41, 5.74) is 3.44. The summed E-state index contributed by atoms with van der Waals surface area (Å²) in [6, 6.07) is 21.7. The number of rotatable bonds is 11. The van der Waals surface area contributed by atoms with E-state index in [1.54, 1.807) is 12.1 Å². The van der Waals surface area contributed by atoms with Crippen molar-refractivity contribution in [2.45, 2.75) is 70.6 Å². The summed E-state index contributed by atoms with van der Waals surface area (Å²) in [7, 11) is 0. The van der Waals surface area contributed by atoms with Crippen molar-refractivity contribution < 1.29 is 24.3 Å². The molecule has 1 amide bonds. The van der Waals surface area contributed by atoms with E-state index in [9.17, 15) is 19.7 Å². The summed E-state index contributed by atoms with van der Waals surface area (Å²) in [6.07, 6.45) is 5.74. The monoisotopic (exact) mass is 623 g/mol. The predicted molar refractivity (Wildman–Crippen MR) is 167 cm³/mol. The fraction of sp³-hybridized carbons (Fsp3) is 0.333. The first-order valence-corrected chi connectivity index (χ1v) is 15.3. The third-order valence-electron chi connectivity index (χ3n) is 8.30. The first kappa shape index (κ1) is 30.6. The number of aliphatic imine (C=N–C) groups is 1. The Balaban J connectivity index is 1.15. The summed E-state index contributed by atoms with van der Waals surface area (Å²) in [5, 5.41) is 21.7. The molecular formula is C33H33N7O6. The molecule has 46 heavy (non-hydrogen) atoms. The molecule has 0 N–H and O–H groups in total. The molecule has 0 saturated heterocycles. The number of nitrogens with zero attached hydrogens (tertiary/aromatic N) is 7. The van der Waals surface area contributed by atoms with Crippen LogP contribution in [0.5, 0.6) is 5.75 Å². The van der Waals surface area contributed by atoms with Gasteiger partial charge in [0, 0.05) is 12.0 Å². The van der Waals surface area contributed by atoms with Gasteiger partial charge in [0.1, 0.15) is 23.7 Å². The van der Waals surface area contributed by atoms with Crippen LogP contribution in [-0.2, 0) is 22.8 Å². The molecule has 3 aromatic carbocycles. The van der Waals surface area contributed by atoms with Crippen LogP contribution in [0.4, 0.5) is 4.79 Å². The lowest BCUT2D eigenvalue weighted by Crippen LogP contribution is -2.40. The standard InChI is InChI=1S/C33H33N7O6/c1-2-3-10-29-34-33(19-6-7-20-33)31(41)38(29)21-23-11-15-25(16-12-23)27-8-4-5-9-28(27)30-35-37-39(36-30)32(42)46-26-17-13-24(14-18-26)22-45-40(43)44/h4-5,8-9,11-18H,2-3,6-7,10,19-22H2,1H3. The van der Waals surface area contributed by atoms with Gasteiger partial charge in [-0.05, 0) is 58.9 Å². The molecule has 4 aromatic rings. The Morgan fingerprint density at radius 2 is 1.67 bits per heavy atom. The maximum Gasteiger partial charge on any atom is 0.459 e. The van der Waals surface area contributed by atoms with Gasteiger partial charge in [-0.2, -0.15) is 0 Å². The van der Waals surface area contributed by atoms with E-state index < -0.39 is 16.7 Å². The number of benzene rings is 3. The lowest BCUT2D eigenvalue weighted by molar-refractivity contribution is -0.763. The summed E-state index contributed by atoms with van der Waals surface area (Å²) in [6.45, 7) is 2.41. The number of carbonyl (C=O) groups is 2. The van der Waals surface area contributed by atoms with Gasteiger partial charge in [0.15, 0.2) is 0 Å². The zero-order valence-electron chi connectivity index (χ0n) is 25.4. The lowest BCUT2D eigenvalue weighted by Gasteiger charge is -2.23. The normalized spacial score (nSPS) is 15.3. The lowest BCUT2D eigenvalue weighted by atomic mass is 9.97. The summed E-state index contributed by atoms with van der Waals surface area (Å²) in [4.78, 5) is 48.6. The highest BCUT2D eigenvalue weighted by molar-refractivity contribution is 6.08. The van der Waals surface area contributed by atoms with Gasteiger partial charge >= 0.3 is 6.09 Å². The van der Waals surface area contributed by atoms with Crippen LogP contribution in [0.3, 0.4) is 0 Å². The molecule has 0 unspecified atom stereocenters. The Kier molecular flexibility index (Phi) is 8.81. The fourth-order valence-corrected chi connectivity index (χ4v) is 5.92. The Morgan fingerprint density at radius 3 is 2.37 bits per heavy atom. The second kappa shape index (κ2) is 13.3. The van der Waals surface area contributed by atoms with Crippen LogP contribution in [0.25, 0.3) is 22.5 Å². The zero-order chi connectivity index (χ0) is 32.1. The third-order valence-corrected chi connectivity index (χ3v) is 8.30. The molecule has 0 bridgehead atoms. The van der Waals surface area contributed by atoms with Crippen LogP contribution < -0.4 is 4.74 Å². The van der Waals surface area contributed by atoms with Gasteiger partial charge in [0.25, 0.3) is 11.0 Å². The predicted octanol–water partition coefficient (Wildman–Crippen LogP) is 6.01. The number of amidine groups is 1. The number of ether oxygens (including phenoxy) is 1. The second-order valence-corrected chi connectivity index (χ2v) is 11.4. The first-order valence-electron chi connectivity index (χ1n) is 15.3. The van der Waals surface area contributed by atoms with Gasteiger partial charge in [-0.1, -0.05) is 91.6 Å². The van der Waals surface area contributed by atoms with Crippen LogP contribution in [0.2, 0.25) is 0 Å². The largest absolute Gasteiger partial charge is 0.459 e. The van der Waals surface area contributed by atoms with Gasteiger partial charge in [0.05, 0.1) is 6.54 Å².